The zero-order chi connectivity index (χ0) is 15.5. The highest BCUT2D eigenvalue weighted by Gasteiger charge is 2.07. The fourth-order valence-electron chi connectivity index (χ4n) is 1.55. The Morgan fingerprint density at radius 3 is 3.00 bits per heavy atom. The largest absolute Gasteiger partial charge is 0.502 e. The molecule has 1 rings (SSSR count). The highest BCUT2D eigenvalue weighted by atomic mass is 32.1. The zero-order valence-electron chi connectivity index (χ0n) is 12.1. The van der Waals surface area contributed by atoms with E-state index < -0.39 is 0 Å². The van der Waals surface area contributed by atoms with Crippen molar-refractivity contribution in [2.75, 3.05) is 25.1 Å². The molecule has 114 valence electrons. The molecule has 0 aliphatic rings. The molecular weight excluding hydrogens is 288 g/mol. The molecule has 0 unspecified atom stereocenters. The molecule has 0 bridgehead atoms. The van der Waals surface area contributed by atoms with Crippen LogP contribution in [0.2, 0.25) is 0 Å². The van der Waals surface area contributed by atoms with Crippen molar-refractivity contribution >= 4 is 29.0 Å². The fraction of sp³-hybridized carbons (Fsp3) is 0.333. The molecule has 0 amide bonds. The van der Waals surface area contributed by atoms with E-state index in [2.05, 4.69) is 17.2 Å². The summed E-state index contributed by atoms with van der Waals surface area (Å²) in [6.07, 6.45) is 2.23. The first-order valence-corrected chi connectivity index (χ1v) is 7.12. The Hall–Kier alpha value is -2.08. The van der Waals surface area contributed by atoms with Crippen LogP contribution in [-0.4, -0.2) is 30.8 Å². The molecule has 2 N–H and O–H groups in total. The summed E-state index contributed by atoms with van der Waals surface area (Å²) in [5.74, 6) is -0.346. The van der Waals surface area contributed by atoms with E-state index in [9.17, 15) is 4.79 Å². The van der Waals surface area contributed by atoms with Gasteiger partial charge in [-0.05, 0) is 43.8 Å². The molecule has 0 aliphatic carbocycles. The summed E-state index contributed by atoms with van der Waals surface area (Å²) in [5, 5.41) is 6.57. The van der Waals surface area contributed by atoms with Gasteiger partial charge in [-0.25, -0.2) is 4.79 Å². The van der Waals surface area contributed by atoms with Gasteiger partial charge in [-0.2, -0.15) is 0 Å². The van der Waals surface area contributed by atoms with Crippen LogP contribution in [0.25, 0.3) is 0 Å². The smallest absolute Gasteiger partial charge is 0.338 e. The summed E-state index contributed by atoms with van der Waals surface area (Å²) in [5.41, 5.74) is 1.23. The van der Waals surface area contributed by atoms with Gasteiger partial charge in [-0.15, -0.1) is 0 Å². The Morgan fingerprint density at radius 2 is 2.29 bits per heavy atom. The van der Waals surface area contributed by atoms with Gasteiger partial charge in [0, 0.05) is 12.2 Å². The summed E-state index contributed by atoms with van der Waals surface area (Å²) in [6, 6.07) is 7.01. The van der Waals surface area contributed by atoms with Crippen LogP contribution in [0.3, 0.4) is 0 Å². The lowest BCUT2D eigenvalue weighted by molar-refractivity contribution is 0.0526. The van der Waals surface area contributed by atoms with Crippen molar-refractivity contribution in [1.29, 1.82) is 0 Å². The molecule has 0 fully saturated rings. The average Bonchev–Trinajstić information content (AvgIpc) is 2.47. The van der Waals surface area contributed by atoms with E-state index in [0.717, 1.165) is 12.1 Å². The minimum Gasteiger partial charge on any atom is -0.502 e. The first-order chi connectivity index (χ1) is 10.2. The topological polar surface area (TPSA) is 59.6 Å². The van der Waals surface area contributed by atoms with Crippen LogP contribution < -0.4 is 10.6 Å². The summed E-state index contributed by atoms with van der Waals surface area (Å²) < 4.78 is 9.96. The quantitative estimate of drug-likeness (QED) is 0.333. The Labute approximate surface area is 130 Å². The number of carbonyl (C=O) groups is 1. The van der Waals surface area contributed by atoms with Crippen molar-refractivity contribution in [3.8, 4) is 0 Å². The lowest BCUT2D eigenvalue weighted by Crippen LogP contribution is -2.29. The standard InChI is InChI=1S/C15H20N2O3S/c1-3-19-10-6-9-16-15(21)17-13-8-5-7-12(11-13)14(18)20-4-2/h3,5,7-8,11H,1,4,6,9-10H2,2H3,(H2,16,17,21). The van der Waals surface area contributed by atoms with Gasteiger partial charge in [-0.1, -0.05) is 12.6 Å². The monoisotopic (exact) mass is 308 g/mol. The van der Waals surface area contributed by atoms with E-state index in [-0.39, 0.29) is 5.97 Å². The highest BCUT2D eigenvalue weighted by Crippen LogP contribution is 2.11. The molecule has 5 nitrogen and oxygen atoms in total. The van der Waals surface area contributed by atoms with Crippen molar-refractivity contribution < 1.29 is 14.3 Å². The third-order valence-electron chi connectivity index (χ3n) is 2.47. The van der Waals surface area contributed by atoms with Gasteiger partial charge in [0.1, 0.15) is 0 Å². The number of thiocarbonyl (C=S) groups is 1. The first-order valence-electron chi connectivity index (χ1n) is 6.72. The maximum Gasteiger partial charge on any atom is 0.338 e. The van der Waals surface area contributed by atoms with Crippen molar-refractivity contribution in [2.24, 2.45) is 0 Å². The van der Waals surface area contributed by atoms with Crippen LogP contribution in [0.15, 0.2) is 37.1 Å². The van der Waals surface area contributed by atoms with Crippen LogP contribution in [0.1, 0.15) is 23.7 Å². The predicted octanol–water partition coefficient (Wildman–Crippen LogP) is 2.70. The van der Waals surface area contributed by atoms with Gasteiger partial charge in [0.15, 0.2) is 5.11 Å². The molecule has 0 atom stereocenters. The summed E-state index contributed by atoms with van der Waals surface area (Å²) in [7, 11) is 0. The number of benzene rings is 1. The number of ether oxygens (including phenoxy) is 2. The van der Waals surface area contributed by atoms with Crippen molar-refractivity contribution in [1.82, 2.24) is 5.32 Å². The van der Waals surface area contributed by atoms with Crippen molar-refractivity contribution in [3.63, 3.8) is 0 Å². The number of rotatable bonds is 8. The van der Waals surface area contributed by atoms with E-state index in [1.165, 1.54) is 6.26 Å². The molecule has 6 heteroatoms. The van der Waals surface area contributed by atoms with Gasteiger partial charge < -0.3 is 20.1 Å². The second-order valence-corrected chi connectivity index (χ2v) is 4.48. The van der Waals surface area contributed by atoms with Crippen LogP contribution in [-0.2, 0) is 9.47 Å². The maximum absolute atomic E-state index is 11.6. The molecule has 0 aliphatic heterocycles. The third-order valence-corrected chi connectivity index (χ3v) is 2.72. The van der Waals surface area contributed by atoms with Crippen LogP contribution >= 0.6 is 12.2 Å². The van der Waals surface area contributed by atoms with E-state index in [1.807, 2.05) is 6.07 Å². The molecule has 1 aromatic rings. The maximum atomic E-state index is 11.6. The lowest BCUT2D eigenvalue weighted by Gasteiger charge is -2.11. The minimum atomic E-state index is -0.346. The molecule has 21 heavy (non-hydrogen) atoms. The van der Waals surface area contributed by atoms with E-state index in [4.69, 9.17) is 21.7 Å². The SMILES string of the molecule is C=COCCCNC(=S)Nc1cccc(C(=O)OCC)c1. The summed E-state index contributed by atoms with van der Waals surface area (Å²) in [6.45, 7) is 6.88. The number of anilines is 1. The molecular formula is C15H20N2O3S. The molecule has 0 spiro atoms. The number of nitrogens with one attached hydrogen (secondary N) is 2. The summed E-state index contributed by atoms with van der Waals surface area (Å²) in [4.78, 5) is 11.6. The second-order valence-electron chi connectivity index (χ2n) is 4.07. The van der Waals surface area contributed by atoms with E-state index in [1.54, 1.807) is 25.1 Å². The van der Waals surface area contributed by atoms with Gasteiger partial charge in [0.25, 0.3) is 0 Å². The molecule has 0 saturated heterocycles. The Bertz CT molecular complexity index is 492. The van der Waals surface area contributed by atoms with Crippen molar-refractivity contribution in [3.05, 3.63) is 42.7 Å². The number of carbonyl (C=O) groups excluding carboxylic acids is 1. The molecule has 1 aromatic carbocycles. The molecule has 0 heterocycles. The molecule has 0 aromatic heterocycles. The van der Waals surface area contributed by atoms with Crippen molar-refractivity contribution in [2.45, 2.75) is 13.3 Å². The van der Waals surface area contributed by atoms with Gasteiger partial charge in [-0.3, -0.25) is 0 Å². The number of hydrogen-bond acceptors (Lipinski definition) is 4. The Kier molecular flexibility index (Phi) is 7.89. The van der Waals surface area contributed by atoms with Gasteiger partial charge >= 0.3 is 5.97 Å². The number of esters is 1. The minimum absolute atomic E-state index is 0.346. The van der Waals surface area contributed by atoms with E-state index in [0.29, 0.717) is 30.4 Å². The first kappa shape index (κ1) is 17.0. The predicted molar refractivity (Wildman–Crippen MR) is 87.4 cm³/mol. The zero-order valence-corrected chi connectivity index (χ0v) is 12.9. The van der Waals surface area contributed by atoms with Gasteiger partial charge in [0.05, 0.1) is 25.0 Å². The molecule has 0 saturated carbocycles. The number of hydrogen-bond donors (Lipinski definition) is 2. The highest BCUT2D eigenvalue weighted by molar-refractivity contribution is 7.80. The third kappa shape index (κ3) is 6.76. The van der Waals surface area contributed by atoms with Gasteiger partial charge in [0.2, 0.25) is 0 Å². The summed E-state index contributed by atoms with van der Waals surface area (Å²) >= 11 is 5.17. The normalized spacial score (nSPS) is 9.57. The Morgan fingerprint density at radius 1 is 1.48 bits per heavy atom. The lowest BCUT2D eigenvalue weighted by atomic mass is 10.2. The fourth-order valence-corrected chi connectivity index (χ4v) is 1.77. The molecule has 0 radical (unpaired) electrons. The van der Waals surface area contributed by atoms with Crippen LogP contribution in [0.5, 0.6) is 0 Å². The van der Waals surface area contributed by atoms with E-state index >= 15 is 0 Å². The van der Waals surface area contributed by atoms with Crippen LogP contribution in [0.4, 0.5) is 5.69 Å². The second kappa shape index (κ2) is 9.77. The average molecular weight is 308 g/mol. The van der Waals surface area contributed by atoms with Crippen LogP contribution in [0, 0.1) is 0 Å². The Balaban J connectivity index is 2.43.